The normalized spacial score (nSPS) is 10.2. The van der Waals surface area contributed by atoms with Crippen molar-refractivity contribution < 1.29 is 0 Å². The summed E-state index contributed by atoms with van der Waals surface area (Å²) >= 11 is 11.3. The third kappa shape index (κ3) is 3.06. The Morgan fingerprint density at radius 3 is 2.42 bits per heavy atom. The van der Waals surface area contributed by atoms with Crippen LogP contribution in [0.25, 0.3) is 0 Å². The van der Waals surface area contributed by atoms with E-state index < -0.39 is 0 Å². The predicted molar refractivity (Wildman–Crippen MR) is 86.5 cm³/mol. The quantitative estimate of drug-likeness (QED) is 0.859. The predicted octanol–water partition coefficient (Wildman–Crippen LogP) is 4.13. The first-order valence-corrected chi connectivity index (χ1v) is 6.84. The Labute approximate surface area is 123 Å². The van der Waals surface area contributed by atoms with Crippen molar-refractivity contribution in [1.29, 1.82) is 0 Å². The van der Waals surface area contributed by atoms with E-state index in [1.54, 1.807) is 0 Å². The molecule has 2 rings (SSSR count). The minimum absolute atomic E-state index is 0.358. The summed E-state index contributed by atoms with van der Waals surface area (Å²) in [7, 11) is 0. The van der Waals surface area contributed by atoms with Crippen LogP contribution in [-0.4, -0.2) is 11.5 Å². The molecule has 2 nitrogen and oxygen atoms in total. The second kappa shape index (κ2) is 6.04. The monoisotopic (exact) mass is 290 g/mol. The molecular weight excluding hydrogens is 276 g/mol. The molecule has 0 heterocycles. The fourth-order valence-corrected chi connectivity index (χ4v) is 2.39. The van der Waals surface area contributed by atoms with E-state index in [-0.39, 0.29) is 0 Å². The Kier molecular flexibility index (Phi) is 4.40. The van der Waals surface area contributed by atoms with Gasteiger partial charge in [-0.15, -0.1) is 0 Å². The van der Waals surface area contributed by atoms with Crippen LogP contribution in [0.2, 0.25) is 5.02 Å². The van der Waals surface area contributed by atoms with Gasteiger partial charge < -0.3 is 10.6 Å². The lowest BCUT2D eigenvalue weighted by atomic mass is 10.1. The van der Waals surface area contributed by atoms with Gasteiger partial charge in [0.2, 0.25) is 0 Å². The van der Waals surface area contributed by atoms with Gasteiger partial charge in [0.25, 0.3) is 0 Å². The van der Waals surface area contributed by atoms with Gasteiger partial charge in [-0.25, -0.2) is 0 Å². The van der Waals surface area contributed by atoms with Crippen molar-refractivity contribution in [3.05, 3.63) is 59.1 Å². The van der Waals surface area contributed by atoms with Gasteiger partial charge in [-0.2, -0.15) is 0 Å². The van der Waals surface area contributed by atoms with Crippen LogP contribution in [0.15, 0.2) is 48.5 Å². The zero-order valence-electron chi connectivity index (χ0n) is 10.6. The lowest BCUT2D eigenvalue weighted by Crippen LogP contribution is -2.17. The number of para-hydroxylation sites is 1. The van der Waals surface area contributed by atoms with Gasteiger partial charge in [0, 0.05) is 17.8 Å². The largest absolute Gasteiger partial charge is 0.389 e. The number of nitrogens with two attached hydrogens (primary N) is 1. The molecule has 2 aromatic carbocycles. The van der Waals surface area contributed by atoms with Crippen molar-refractivity contribution in [3.63, 3.8) is 0 Å². The van der Waals surface area contributed by atoms with Crippen LogP contribution in [-0.2, 0) is 0 Å². The SMILES string of the molecule is CCN(c1ccccc1)c1ccc(C(N)=S)cc1Cl. The van der Waals surface area contributed by atoms with Crippen LogP contribution < -0.4 is 10.6 Å². The van der Waals surface area contributed by atoms with Gasteiger partial charge in [-0.1, -0.05) is 42.0 Å². The fraction of sp³-hybridized carbons (Fsp3) is 0.133. The van der Waals surface area contributed by atoms with Crippen molar-refractivity contribution in [2.75, 3.05) is 11.4 Å². The molecule has 0 unspecified atom stereocenters. The molecule has 4 heteroatoms. The topological polar surface area (TPSA) is 29.3 Å². The first-order chi connectivity index (χ1) is 9.13. The first kappa shape index (κ1) is 13.8. The van der Waals surface area contributed by atoms with Gasteiger partial charge in [0.15, 0.2) is 0 Å². The second-order valence-electron chi connectivity index (χ2n) is 4.11. The molecule has 0 aromatic heterocycles. The summed E-state index contributed by atoms with van der Waals surface area (Å²) in [5.74, 6) is 0. The average Bonchev–Trinajstić information content (AvgIpc) is 2.42. The van der Waals surface area contributed by atoms with E-state index in [0.717, 1.165) is 23.5 Å². The summed E-state index contributed by atoms with van der Waals surface area (Å²) in [6.07, 6.45) is 0. The van der Waals surface area contributed by atoms with Gasteiger partial charge in [0.05, 0.1) is 10.7 Å². The molecule has 0 aliphatic heterocycles. The summed E-state index contributed by atoms with van der Waals surface area (Å²) < 4.78 is 0. The maximum atomic E-state index is 6.34. The molecule has 0 spiro atoms. The van der Waals surface area contributed by atoms with Crippen molar-refractivity contribution >= 4 is 40.2 Å². The molecule has 0 bridgehead atoms. The Balaban J connectivity index is 2.42. The number of nitrogens with zero attached hydrogens (tertiary/aromatic N) is 1. The van der Waals surface area contributed by atoms with Gasteiger partial charge >= 0.3 is 0 Å². The average molecular weight is 291 g/mol. The van der Waals surface area contributed by atoms with E-state index in [0.29, 0.717) is 10.0 Å². The lowest BCUT2D eigenvalue weighted by molar-refractivity contribution is 1.02. The van der Waals surface area contributed by atoms with Crippen LogP contribution in [0.4, 0.5) is 11.4 Å². The summed E-state index contributed by atoms with van der Waals surface area (Å²) in [4.78, 5) is 2.50. The molecule has 0 saturated carbocycles. The lowest BCUT2D eigenvalue weighted by Gasteiger charge is -2.24. The van der Waals surface area contributed by atoms with Gasteiger partial charge in [0.1, 0.15) is 4.99 Å². The third-order valence-electron chi connectivity index (χ3n) is 2.91. The number of benzene rings is 2. The van der Waals surface area contributed by atoms with Crippen LogP contribution in [0.3, 0.4) is 0 Å². The Bertz CT molecular complexity index is 584. The second-order valence-corrected chi connectivity index (χ2v) is 4.96. The number of halogens is 1. The number of thiocarbonyl (C=S) groups is 1. The highest BCUT2D eigenvalue weighted by Gasteiger charge is 2.11. The molecule has 0 amide bonds. The third-order valence-corrected chi connectivity index (χ3v) is 3.45. The van der Waals surface area contributed by atoms with E-state index in [2.05, 4.69) is 24.0 Å². The van der Waals surface area contributed by atoms with Crippen molar-refractivity contribution in [1.82, 2.24) is 0 Å². The Morgan fingerprint density at radius 1 is 1.21 bits per heavy atom. The molecule has 0 saturated heterocycles. The maximum absolute atomic E-state index is 6.34. The molecular formula is C15H15ClN2S. The van der Waals surface area contributed by atoms with Crippen LogP contribution in [0.1, 0.15) is 12.5 Å². The zero-order chi connectivity index (χ0) is 13.8. The molecule has 0 fully saturated rings. The molecule has 0 atom stereocenters. The van der Waals surface area contributed by atoms with Crippen molar-refractivity contribution in [2.24, 2.45) is 5.73 Å². The molecule has 98 valence electrons. The van der Waals surface area contributed by atoms with E-state index in [1.807, 2.05) is 36.4 Å². The number of anilines is 2. The molecule has 0 radical (unpaired) electrons. The highest BCUT2D eigenvalue weighted by molar-refractivity contribution is 7.80. The summed E-state index contributed by atoms with van der Waals surface area (Å²) in [5, 5.41) is 0.649. The van der Waals surface area contributed by atoms with E-state index in [9.17, 15) is 0 Å². The maximum Gasteiger partial charge on any atom is 0.104 e. The standard InChI is InChI=1S/C15H15ClN2S/c1-2-18(12-6-4-3-5-7-12)14-9-8-11(15(17)19)10-13(14)16/h3-10H,2H2,1H3,(H2,17,19). The highest BCUT2D eigenvalue weighted by atomic mass is 35.5. The van der Waals surface area contributed by atoms with E-state index in [1.165, 1.54) is 0 Å². The fourth-order valence-electron chi connectivity index (χ4n) is 1.98. The summed E-state index contributed by atoms with van der Waals surface area (Å²) in [5.41, 5.74) is 8.46. The molecule has 0 aliphatic rings. The molecule has 2 aromatic rings. The van der Waals surface area contributed by atoms with Crippen molar-refractivity contribution in [3.8, 4) is 0 Å². The van der Waals surface area contributed by atoms with E-state index >= 15 is 0 Å². The smallest absolute Gasteiger partial charge is 0.104 e. The zero-order valence-corrected chi connectivity index (χ0v) is 12.2. The molecule has 19 heavy (non-hydrogen) atoms. The van der Waals surface area contributed by atoms with Crippen LogP contribution in [0, 0.1) is 0 Å². The Hall–Kier alpha value is -1.58. The highest BCUT2D eigenvalue weighted by Crippen LogP contribution is 2.32. The minimum atomic E-state index is 0.358. The minimum Gasteiger partial charge on any atom is -0.389 e. The summed E-state index contributed by atoms with van der Waals surface area (Å²) in [6.45, 7) is 2.92. The van der Waals surface area contributed by atoms with E-state index in [4.69, 9.17) is 29.6 Å². The van der Waals surface area contributed by atoms with Crippen LogP contribution in [0.5, 0.6) is 0 Å². The number of rotatable bonds is 4. The first-order valence-electron chi connectivity index (χ1n) is 6.05. The number of hydrogen-bond donors (Lipinski definition) is 1. The molecule has 2 N–H and O–H groups in total. The van der Waals surface area contributed by atoms with Gasteiger partial charge in [-0.3, -0.25) is 0 Å². The van der Waals surface area contributed by atoms with Crippen molar-refractivity contribution in [2.45, 2.75) is 6.92 Å². The van der Waals surface area contributed by atoms with Gasteiger partial charge in [-0.05, 0) is 37.3 Å². The number of hydrogen-bond acceptors (Lipinski definition) is 2. The molecule has 0 aliphatic carbocycles. The Morgan fingerprint density at radius 2 is 1.89 bits per heavy atom. The van der Waals surface area contributed by atoms with Crippen LogP contribution >= 0.6 is 23.8 Å². The summed E-state index contributed by atoms with van der Waals surface area (Å²) in [6, 6.07) is 15.8.